The molecule has 0 aliphatic carbocycles. The van der Waals surface area contributed by atoms with Crippen molar-refractivity contribution in [3.63, 3.8) is 0 Å². The maximum absolute atomic E-state index is 12.5. The fourth-order valence-electron chi connectivity index (χ4n) is 1.95. The lowest BCUT2D eigenvalue weighted by atomic mass is 10.1. The Morgan fingerprint density at radius 2 is 1.91 bits per heavy atom. The summed E-state index contributed by atoms with van der Waals surface area (Å²) in [4.78, 5) is 4.47. The molecule has 0 fully saturated rings. The van der Waals surface area contributed by atoms with Crippen LogP contribution in [0, 0.1) is 20.8 Å². The Bertz CT molecular complexity index is 699. The number of hydrogen-bond donors (Lipinski definition) is 0. The van der Waals surface area contributed by atoms with Crippen molar-refractivity contribution in [2.75, 3.05) is 0 Å². The van der Waals surface area contributed by atoms with Gasteiger partial charge in [-0.2, -0.15) is 0 Å². The predicted molar refractivity (Wildman–Crippen MR) is 90.7 cm³/mol. The maximum Gasteiger partial charge on any atom is 0.182 e. The van der Waals surface area contributed by atoms with Gasteiger partial charge in [-0.15, -0.1) is 0 Å². The number of nitrogens with zero attached hydrogens (tertiary/aromatic N) is 2. The number of aromatic nitrogens is 1. The zero-order chi connectivity index (χ0) is 16.5. The van der Waals surface area contributed by atoms with Crippen molar-refractivity contribution in [3.05, 3.63) is 52.7 Å². The molecular formula is C17H22N2O2S. The molecule has 0 radical (unpaired) electrons. The van der Waals surface area contributed by atoms with Gasteiger partial charge < -0.3 is 8.97 Å². The Morgan fingerprint density at radius 1 is 1.23 bits per heavy atom. The molecule has 2 aromatic heterocycles. The van der Waals surface area contributed by atoms with E-state index in [0.29, 0.717) is 17.2 Å². The lowest BCUT2D eigenvalue weighted by molar-refractivity contribution is 0.525. The topological polar surface area (TPSA) is 61.5 Å². The van der Waals surface area contributed by atoms with E-state index in [2.05, 4.69) is 9.38 Å². The van der Waals surface area contributed by atoms with Crippen LogP contribution < -0.4 is 0 Å². The van der Waals surface area contributed by atoms with Crippen molar-refractivity contribution >= 4 is 17.1 Å². The van der Waals surface area contributed by atoms with E-state index >= 15 is 0 Å². The Hall–Kier alpha value is -1.59. The van der Waals surface area contributed by atoms with E-state index in [4.69, 9.17) is 4.42 Å². The number of furan rings is 1. The summed E-state index contributed by atoms with van der Waals surface area (Å²) >= 11 is -1.38. The van der Waals surface area contributed by atoms with E-state index in [-0.39, 0.29) is 0 Å². The molecular weight excluding hydrogens is 296 g/mol. The predicted octanol–water partition coefficient (Wildman–Crippen LogP) is 3.90. The van der Waals surface area contributed by atoms with Gasteiger partial charge in [-0.25, -0.2) is 0 Å². The molecule has 0 N–H and O–H groups in total. The highest BCUT2D eigenvalue weighted by Crippen LogP contribution is 2.22. The molecule has 0 aliphatic heterocycles. The van der Waals surface area contributed by atoms with Gasteiger partial charge in [-0.1, -0.05) is 10.5 Å². The van der Waals surface area contributed by atoms with E-state index < -0.39 is 16.1 Å². The molecule has 0 amide bonds. The standard InChI is InChI=1S/C17H22N2O2S/c1-11-9-12(2)15(18-10-11)16(14-8-7-13(3)21-14)19-22(20)17(4,5)6/h7-10H,1-6H3. The number of rotatable bonds is 3. The van der Waals surface area contributed by atoms with Crippen molar-refractivity contribution in [3.8, 4) is 0 Å². The minimum absolute atomic E-state index is 0.439. The third-order valence-corrected chi connectivity index (χ3v) is 4.51. The van der Waals surface area contributed by atoms with Crippen LogP contribution in [-0.2, 0) is 11.4 Å². The molecule has 2 aromatic rings. The van der Waals surface area contributed by atoms with E-state index in [0.717, 1.165) is 16.9 Å². The van der Waals surface area contributed by atoms with Gasteiger partial charge in [0.2, 0.25) is 0 Å². The Kier molecular flexibility index (Phi) is 4.78. The molecule has 4 nitrogen and oxygen atoms in total. The lowest BCUT2D eigenvalue weighted by Gasteiger charge is -2.19. The summed E-state index contributed by atoms with van der Waals surface area (Å²) in [6.45, 7) is 11.5. The molecule has 5 heteroatoms. The van der Waals surface area contributed by atoms with E-state index in [9.17, 15) is 4.55 Å². The lowest BCUT2D eigenvalue weighted by Crippen LogP contribution is -2.27. The molecule has 0 spiro atoms. The molecule has 1 unspecified atom stereocenters. The maximum atomic E-state index is 12.5. The summed E-state index contributed by atoms with van der Waals surface area (Å²) in [5.41, 5.74) is 3.31. The van der Waals surface area contributed by atoms with Crippen molar-refractivity contribution < 1.29 is 8.97 Å². The number of pyridine rings is 1. The molecule has 118 valence electrons. The highest BCUT2D eigenvalue weighted by atomic mass is 32.2. The minimum atomic E-state index is -1.38. The summed E-state index contributed by atoms with van der Waals surface area (Å²) < 4.78 is 22.1. The first kappa shape index (κ1) is 16.8. The van der Waals surface area contributed by atoms with Crippen molar-refractivity contribution in [2.24, 2.45) is 4.40 Å². The summed E-state index contributed by atoms with van der Waals surface area (Å²) in [7, 11) is 0. The van der Waals surface area contributed by atoms with Crippen LogP contribution in [0.25, 0.3) is 0 Å². The third-order valence-electron chi connectivity index (χ3n) is 3.11. The SMILES string of the molecule is Cc1cnc(C(=N[S+]([O-])C(C)(C)C)c2ccc(C)o2)c(C)c1. The van der Waals surface area contributed by atoms with Crippen LogP contribution in [0.5, 0.6) is 0 Å². The van der Waals surface area contributed by atoms with Crippen LogP contribution in [0.2, 0.25) is 0 Å². The first-order valence-electron chi connectivity index (χ1n) is 7.19. The first-order valence-corrected chi connectivity index (χ1v) is 8.30. The van der Waals surface area contributed by atoms with Crippen LogP contribution in [0.3, 0.4) is 0 Å². The summed E-state index contributed by atoms with van der Waals surface area (Å²) in [5.74, 6) is 1.38. The molecule has 0 aromatic carbocycles. The molecule has 0 aliphatic rings. The van der Waals surface area contributed by atoms with Crippen LogP contribution in [0.15, 0.2) is 33.2 Å². The van der Waals surface area contributed by atoms with E-state index in [1.807, 2.05) is 59.7 Å². The van der Waals surface area contributed by atoms with Gasteiger partial charge in [-0.3, -0.25) is 4.98 Å². The molecule has 2 heterocycles. The average molecular weight is 318 g/mol. The zero-order valence-electron chi connectivity index (χ0n) is 13.9. The van der Waals surface area contributed by atoms with Crippen molar-refractivity contribution in [1.82, 2.24) is 4.98 Å². The quantitative estimate of drug-likeness (QED) is 0.637. The number of hydrogen-bond acceptors (Lipinski definition) is 4. The number of aryl methyl sites for hydroxylation is 3. The highest BCUT2D eigenvalue weighted by molar-refractivity contribution is 7.91. The molecule has 22 heavy (non-hydrogen) atoms. The van der Waals surface area contributed by atoms with Gasteiger partial charge in [0.1, 0.15) is 21.9 Å². The van der Waals surface area contributed by atoms with Gasteiger partial charge in [0.25, 0.3) is 0 Å². The minimum Gasteiger partial charge on any atom is -0.591 e. The van der Waals surface area contributed by atoms with Crippen LogP contribution in [0.1, 0.15) is 49.1 Å². The second-order valence-corrected chi connectivity index (χ2v) is 8.30. The fourth-order valence-corrected chi connectivity index (χ4v) is 2.57. The molecule has 0 bridgehead atoms. The normalized spacial score (nSPS) is 14.2. The first-order chi connectivity index (χ1) is 10.2. The zero-order valence-corrected chi connectivity index (χ0v) is 14.7. The van der Waals surface area contributed by atoms with Crippen LogP contribution in [0.4, 0.5) is 0 Å². The second-order valence-electron chi connectivity index (χ2n) is 6.39. The molecule has 1 atom stereocenters. The highest BCUT2D eigenvalue weighted by Gasteiger charge is 2.29. The molecule has 0 saturated carbocycles. The van der Waals surface area contributed by atoms with Gasteiger partial charge in [0, 0.05) is 6.20 Å². The van der Waals surface area contributed by atoms with Gasteiger partial charge >= 0.3 is 0 Å². The second kappa shape index (κ2) is 6.26. The average Bonchev–Trinajstić information content (AvgIpc) is 2.82. The Labute approximate surface area is 135 Å². The van der Waals surface area contributed by atoms with E-state index in [1.54, 1.807) is 6.20 Å². The van der Waals surface area contributed by atoms with Crippen LogP contribution in [-0.4, -0.2) is 20.0 Å². The van der Waals surface area contributed by atoms with E-state index in [1.165, 1.54) is 0 Å². The summed E-state index contributed by atoms with van der Waals surface area (Å²) in [5, 5.41) is 0. The summed E-state index contributed by atoms with van der Waals surface area (Å²) in [6, 6.07) is 5.75. The van der Waals surface area contributed by atoms with Crippen LogP contribution >= 0.6 is 0 Å². The molecule has 0 saturated heterocycles. The van der Waals surface area contributed by atoms with Crippen molar-refractivity contribution in [2.45, 2.75) is 46.3 Å². The van der Waals surface area contributed by atoms with Crippen molar-refractivity contribution in [1.29, 1.82) is 0 Å². The Morgan fingerprint density at radius 3 is 2.41 bits per heavy atom. The Balaban J connectivity index is 2.58. The largest absolute Gasteiger partial charge is 0.591 e. The monoisotopic (exact) mass is 318 g/mol. The fraction of sp³-hybridized carbons (Fsp3) is 0.412. The summed E-state index contributed by atoms with van der Waals surface area (Å²) in [6.07, 6.45) is 1.79. The van der Waals surface area contributed by atoms with Gasteiger partial charge in [-0.05, 0) is 64.8 Å². The van der Waals surface area contributed by atoms with Gasteiger partial charge in [0.05, 0.1) is 5.69 Å². The molecule has 2 rings (SSSR count). The smallest absolute Gasteiger partial charge is 0.182 e. The third kappa shape index (κ3) is 3.78. The van der Waals surface area contributed by atoms with Gasteiger partial charge in [0.15, 0.2) is 11.5 Å².